The largest absolute Gasteiger partial charge is 0.343 e. The molecule has 1 aliphatic carbocycles. The van der Waals surface area contributed by atoms with Gasteiger partial charge >= 0.3 is 0 Å². The van der Waals surface area contributed by atoms with Gasteiger partial charge in [-0.1, -0.05) is 27.3 Å². The Morgan fingerprint density at radius 2 is 2.29 bits per heavy atom. The number of alkyl halides is 1. The molecule has 0 aliphatic heterocycles. The van der Waals surface area contributed by atoms with Gasteiger partial charge in [0.05, 0.1) is 0 Å². The molecule has 2 rings (SSSR count). The van der Waals surface area contributed by atoms with Crippen LogP contribution in [0.4, 0.5) is 5.13 Å². The van der Waals surface area contributed by atoms with Crippen LogP contribution in [0.15, 0.2) is 0 Å². The Morgan fingerprint density at radius 3 is 2.71 bits per heavy atom. The van der Waals surface area contributed by atoms with Gasteiger partial charge in [0.25, 0.3) is 0 Å². The highest BCUT2D eigenvalue weighted by molar-refractivity contribution is 9.09. The lowest BCUT2D eigenvalue weighted by Gasteiger charge is -2.36. The van der Waals surface area contributed by atoms with Gasteiger partial charge in [0.15, 0.2) is 0 Å². The molecule has 1 aromatic heterocycles. The van der Waals surface area contributed by atoms with Crippen molar-refractivity contribution >= 4 is 32.4 Å². The zero-order chi connectivity index (χ0) is 9.97. The minimum atomic E-state index is 0.708. The van der Waals surface area contributed by atoms with Crippen LogP contribution < -0.4 is 4.90 Å². The van der Waals surface area contributed by atoms with Crippen LogP contribution >= 0.6 is 27.3 Å². The average molecular weight is 276 g/mol. The summed E-state index contributed by atoms with van der Waals surface area (Å²) < 4.78 is 0. The van der Waals surface area contributed by atoms with Crippen molar-refractivity contribution in [2.24, 2.45) is 0 Å². The fourth-order valence-electron chi connectivity index (χ4n) is 1.63. The van der Waals surface area contributed by atoms with E-state index in [9.17, 15) is 0 Å². The number of anilines is 1. The van der Waals surface area contributed by atoms with E-state index in [-0.39, 0.29) is 0 Å². The predicted octanol–water partition coefficient (Wildman–Crippen LogP) is 2.60. The van der Waals surface area contributed by atoms with E-state index in [0.717, 1.165) is 22.0 Å². The van der Waals surface area contributed by atoms with Crippen molar-refractivity contribution in [3.05, 3.63) is 5.01 Å². The zero-order valence-electron chi connectivity index (χ0n) is 8.24. The smallest absolute Gasteiger partial charge is 0.208 e. The number of halogens is 1. The molecule has 1 saturated carbocycles. The molecule has 0 spiro atoms. The van der Waals surface area contributed by atoms with Crippen LogP contribution in [0.2, 0.25) is 0 Å². The molecular weight excluding hydrogens is 262 g/mol. The maximum absolute atomic E-state index is 4.21. The number of nitrogens with zero attached hydrogens (tertiary/aromatic N) is 3. The summed E-state index contributed by atoms with van der Waals surface area (Å²) >= 11 is 5.19. The fraction of sp³-hybridized carbons (Fsp3) is 0.778. The van der Waals surface area contributed by atoms with Gasteiger partial charge in [-0.05, 0) is 26.2 Å². The van der Waals surface area contributed by atoms with Crippen LogP contribution in [0.1, 0.15) is 24.3 Å². The highest BCUT2D eigenvalue weighted by Gasteiger charge is 2.26. The lowest BCUT2D eigenvalue weighted by molar-refractivity contribution is 0.390. The van der Waals surface area contributed by atoms with Crippen molar-refractivity contribution in [1.82, 2.24) is 10.2 Å². The van der Waals surface area contributed by atoms with Crippen LogP contribution in [0.5, 0.6) is 0 Å². The van der Waals surface area contributed by atoms with E-state index in [0.29, 0.717) is 6.04 Å². The van der Waals surface area contributed by atoms with Crippen LogP contribution in [0.25, 0.3) is 0 Å². The Bertz CT molecular complexity index is 298. The fourth-order valence-corrected chi connectivity index (χ4v) is 2.79. The molecule has 1 fully saturated rings. The third kappa shape index (κ3) is 2.08. The van der Waals surface area contributed by atoms with E-state index in [2.05, 4.69) is 31.0 Å². The molecule has 0 atom stereocenters. The second-order valence-electron chi connectivity index (χ2n) is 3.57. The van der Waals surface area contributed by atoms with E-state index in [1.54, 1.807) is 11.3 Å². The maximum atomic E-state index is 4.21. The molecule has 1 aliphatic rings. The van der Waals surface area contributed by atoms with Gasteiger partial charge in [-0.25, -0.2) is 0 Å². The number of aryl methyl sites for hydroxylation is 1. The minimum Gasteiger partial charge on any atom is -0.343 e. The summed E-state index contributed by atoms with van der Waals surface area (Å²) in [5.41, 5.74) is 0. The first-order chi connectivity index (χ1) is 6.81. The highest BCUT2D eigenvalue weighted by atomic mass is 79.9. The maximum Gasteiger partial charge on any atom is 0.208 e. The second kappa shape index (κ2) is 4.57. The number of rotatable bonds is 4. The summed E-state index contributed by atoms with van der Waals surface area (Å²) in [6.45, 7) is 3.05. The first-order valence-electron chi connectivity index (χ1n) is 4.94. The minimum absolute atomic E-state index is 0.708. The first kappa shape index (κ1) is 10.4. The third-order valence-corrected chi connectivity index (χ3v) is 3.83. The van der Waals surface area contributed by atoms with Crippen molar-refractivity contribution in [2.45, 2.75) is 32.2 Å². The van der Waals surface area contributed by atoms with Gasteiger partial charge in [-0.15, -0.1) is 10.2 Å². The molecule has 0 aromatic carbocycles. The molecule has 0 unspecified atom stereocenters. The molecular formula is C9H14BrN3S. The van der Waals surface area contributed by atoms with Crippen LogP contribution in [0.3, 0.4) is 0 Å². The van der Waals surface area contributed by atoms with Gasteiger partial charge in [-0.2, -0.15) is 0 Å². The first-order valence-corrected chi connectivity index (χ1v) is 6.88. The Kier molecular flexibility index (Phi) is 3.38. The standard InChI is InChI=1S/C9H14BrN3S/c1-7-11-12-9(14-7)13(6-5-10)8-3-2-4-8/h8H,2-6H2,1H3. The zero-order valence-corrected chi connectivity index (χ0v) is 10.6. The van der Waals surface area contributed by atoms with E-state index >= 15 is 0 Å². The van der Waals surface area contributed by atoms with E-state index < -0.39 is 0 Å². The number of hydrogen-bond donors (Lipinski definition) is 0. The van der Waals surface area contributed by atoms with Gasteiger partial charge in [-0.3, -0.25) is 0 Å². The Morgan fingerprint density at radius 1 is 1.50 bits per heavy atom. The third-order valence-electron chi connectivity index (χ3n) is 2.60. The molecule has 14 heavy (non-hydrogen) atoms. The molecule has 78 valence electrons. The number of aromatic nitrogens is 2. The Balaban J connectivity index is 2.09. The molecule has 0 radical (unpaired) electrons. The lowest BCUT2D eigenvalue weighted by atomic mass is 9.92. The number of hydrogen-bond acceptors (Lipinski definition) is 4. The van der Waals surface area contributed by atoms with Gasteiger partial charge in [0, 0.05) is 17.9 Å². The SMILES string of the molecule is Cc1nnc(N(CCBr)C2CCC2)s1. The second-order valence-corrected chi connectivity index (χ2v) is 5.52. The van der Waals surface area contributed by atoms with Crippen LogP contribution in [-0.4, -0.2) is 28.1 Å². The molecule has 3 nitrogen and oxygen atoms in total. The normalized spacial score (nSPS) is 16.7. The summed E-state index contributed by atoms with van der Waals surface area (Å²) in [6.07, 6.45) is 3.98. The molecule has 1 aromatic rings. The quantitative estimate of drug-likeness (QED) is 0.791. The topological polar surface area (TPSA) is 29.0 Å². The Labute approximate surface area is 96.7 Å². The summed E-state index contributed by atoms with van der Waals surface area (Å²) in [5.74, 6) is 0. The average Bonchev–Trinajstić information content (AvgIpc) is 2.48. The van der Waals surface area contributed by atoms with Gasteiger partial charge in [0.2, 0.25) is 5.13 Å². The van der Waals surface area contributed by atoms with Crippen molar-refractivity contribution in [2.75, 3.05) is 16.8 Å². The molecule has 5 heteroatoms. The van der Waals surface area contributed by atoms with E-state index in [1.807, 2.05) is 6.92 Å². The van der Waals surface area contributed by atoms with Crippen molar-refractivity contribution in [3.63, 3.8) is 0 Å². The molecule has 0 bridgehead atoms. The van der Waals surface area contributed by atoms with Crippen molar-refractivity contribution in [3.8, 4) is 0 Å². The van der Waals surface area contributed by atoms with Crippen LogP contribution in [0, 0.1) is 6.92 Å². The summed E-state index contributed by atoms with van der Waals surface area (Å²) in [5, 5.41) is 11.4. The summed E-state index contributed by atoms with van der Waals surface area (Å²) in [7, 11) is 0. The lowest BCUT2D eigenvalue weighted by Crippen LogP contribution is -2.41. The molecule has 1 heterocycles. The summed E-state index contributed by atoms with van der Waals surface area (Å²) in [4.78, 5) is 2.39. The monoisotopic (exact) mass is 275 g/mol. The Hall–Kier alpha value is -0.160. The summed E-state index contributed by atoms with van der Waals surface area (Å²) in [6, 6.07) is 0.708. The van der Waals surface area contributed by atoms with Crippen molar-refractivity contribution in [1.29, 1.82) is 0 Å². The molecule has 0 N–H and O–H groups in total. The highest BCUT2D eigenvalue weighted by Crippen LogP contribution is 2.31. The van der Waals surface area contributed by atoms with Gasteiger partial charge < -0.3 is 4.90 Å². The molecule has 0 amide bonds. The predicted molar refractivity (Wildman–Crippen MR) is 63.4 cm³/mol. The van der Waals surface area contributed by atoms with Crippen molar-refractivity contribution < 1.29 is 0 Å². The van der Waals surface area contributed by atoms with Crippen LogP contribution in [-0.2, 0) is 0 Å². The van der Waals surface area contributed by atoms with E-state index in [4.69, 9.17) is 0 Å². The van der Waals surface area contributed by atoms with Gasteiger partial charge in [0.1, 0.15) is 5.01 Å². The molecule has 0 saturated heterocycles. The van der Waals surface area contributed by atoms with E-state index in [1.165, 1.54) is 19.3 Å².